The van der Waals surface area contributed by atoms with Gasteiger partial charge >= 0.3 is 5.56 Å². The van der Waals surface area contributed by atoms with Crippen LogP contribution in [0.25, 0.3) is 0 Å². The summed E-state index contributed by atoms with van der Waals surface area (Å²) in [6, 6.07) is 17.2. The number of benzene rings is 2. The maximum absolute atomic E-state index is 12.4. The Hall–Kier alpha value is -3.28. The molecule has 1 aromatic heterocycles. The second-order valence-corrected chi connectivity index (χ2v) is 7.14. The lowest BCUT2D eigenvalue weighted by molar-refractivity contribution is 0.155. The highest BCUT2D eigenvalue weighted by molar-refractivity contribution is 5.31. The average molecular weight is 380 g/mol. The third kappa shape index (κ3) is 4.71. The molecule has 0 amide bonds. The van der Waals surface area contributed by atoms with Crippen molar-refractivity contribution in [2.45, 2.75) is 33.3 Å². The summed E-state index contributed by atoms with van der Waals surface area (Å²) in [4.78, 5) is 16.4. The zero-order valence-electron chi connectivity index (χ0n) is 16.0. The molecule has 0 unspecified atom stereocenters. The maximum Gasteiger partial charge on any atom is 0.305 e. The highest BCUT2D eigenvalue weighted by Crippen LogP contribution is 2.19. The van der Waals surface area contributed by atoms with Gasteiger partial charge in [0, 0.05) is 6.42 Å². The van der Waals surface area contributed by atoms with Gasteiger partial charge in [-0.15, -0.1) is 4.73 Å². The van der Waals surface area contributed by atoms with Crippen molar-refractivity contribution in [3.63, 3.8) is 0 Å². The van der Waals surface area contributed by atoms with Crippen molar-refractivity contribution in [2.24, 2.45) is 5.92 Å². The minimum absolute atomic E-state index is 0.0884. The summed E-state index contributed by atoms with van der Waals surface area (Å²) < 4.78 is 6.26. The van der Waals surface area contributed by atoms with Crippen LogP contribution < -0.4 is 10.3 Å². The topological polar surface area (TPSA) is 84.6 Å². The van der Waals surface area contributed by atoms with Crippen molar-refractivity contribution < 1.29 is 15.1 Å². The van der Waals surface area contributed by atoms with Gasteiger partial charge in [-0.05, 0) is 35.6 Å². The number of rotatable bonds is 7. The third-order valence-electron chi connectivity index (χ3n) is 4.34. The van der Waals surface area contributed by atoms with Gasteiger partial charge in [0.2, 0.25) is 5.88 Å². The van der Waals surface area contributed by atoms with E-state index >= 15 is 0 Å². The van der Waals surface area contributed by atoms with Gasteiger partial charge in [-0.3, -0.25) is 4.79 Å². The predicted molar refractivity (Wildman–Crippen MR) is 106 cm³/mol. The summed E-state index contributed by atoms with van der Waals surface area (Å²) in [7, 11) is 0. The van der Waals surface area contributed by atoms with E-state index in [-0.39, 0.29) is 29.6 Å². The van der Waals surface area contributed by atoms with Crippen LogP contribution in [0.2, 0.25) is 0 Å². The second-order valence-electron chi connectivity index (χ2n) is 7.14. The molecule has 0 bridgehead atoms. The van der Waals surface area contributed by atoms with Crippen molar-refractivity contribution in [1.29, 1.82) is 0 Å². The molecule has 2 N–H and O–H groups in total. The predicted octanol–water partition coefficient (Wildman–Crippen LogP) is 3.55. The van der Waals surface area contributed by atoms with Crippen LogP contribution in [-0.4, -0.2) is 20.0 Å². The molecule has 1 heterocycles. The first-order chi connectivity index (χ1) is 13.4. The average Bonchev–Trinajstić information content (AvgIpc) is 2.69. The van der Waals surface area contributed by atoms with Crippen LogP contribution in [0.4, 0.5) is 0 Å². The molecule has 146 valence electrons. The zero-order valence-corrected chi connectivity index (χ0v) is 16.0. The molecule has 0 saturated heterocycles. The first kappa shape index (κ1) is 19.5. The second kappa shape index (κ2) is 8.61. The van der Waals surface area contributed by atoms with Crippen LogP contribution in [0, 0.1) is 5.92 Å². The van der Waals surface area contributed by atoms with Crippen LogP contribution in [0.5, 0.6) is 11.6 Å². The fourth-order valence-corrected chi connectivity index (χ4v) is 2.90. The lowest BCUT2D eigenvalue weighted by Crippen LogP contribution is -2.27. The van der Waals surface area contributed by atoms with Crippen molar-refractivity contribution in [3.05, 3.63) is 87.5 Å². The monoisotopic (exact) mass is 380 g/mol. The lowest BCUT2D eigenvalue weighted by Gasteiger charge is -2.12. The normalized spacial score (nSPS) is 11.0. The number of aromatic nitrogens is 2. The molecule has 0 spiro atoms. The molecule has 6 nitrogen and oxygen atoms in total. The summed E-state index contributed by atoms with van der Waals surface area (Å²) >= 11 is 0. The van der Waals surface area contributed by atoms with Crippen LogP contribution in [-0.2, 0) is 19.4 Å². The van der Waals surface area contributed by atoms with Crippen LogP contribution >= 0.6 is 0 Å². The zero-order chi connectivity index (χ0) is 20.1. The molecule has 0 fully saturated rings. The molecule has 3 rings (SSSR count). The fourth-order valence-electron chi connectivity index (χ4n) is 2.90. The highest BCUT2D eigenvalue weighted by atomic mass is 16.5. The van der Waals surface area contributed by atoms with Gasteiger partial charge in [-0.2, -0.15) is 0 Å². The summed E-state index contributed by atoms with van der Waals surface area (Å²) in [5.41, 5.74) is 1.51. The van der Waals surface area contributed by atoms with E-state index in [1.807, 2.05) is 68.4 Å². The van der Waals surface area contributed by atoms with Crippen molar-refractivity contribution >= 4 is 0 Å². The smallest absolute Gasteiger partial charge is 0.305 e. The summed E-state index contributed by atoms with van der Waals surface area (Å²) in [5, 5.41) is 20.2. The Kier molecular flexibility index (Phi) is 5.99. The van der Waals surface area contributed by atoms with E-state index in [4.69, 9.17) is 4.74 Å². The van der Waals surface area contributed by atoms with E-state index in [1.165, 1.54) is 0 Å². The van der Waals surface area contributed by atoms with Gasteiger partial charge in [0.15, 0.2) is 0 Å². The Morgan fingerprint density at radius 2 is 1.71 bits per heavy atom. The molecular formula is C22H24N2O4. The Morgan fingerprint density at radius 1 is 1.04 bits per heavy atom. The van der Waals surface area contributed by atoms with Crippen LogP contribution in [0.1, 0.15) is 36.4 Å². The van der Waals surface area contributed by atoms with Crippen molar-refractivity contribution in [3.8, 4) is 11.6 Å². The van der Waals surface area contributed by atoms with Gasteiger partial charge in [0.25, 0.3) is 0 Å². The standard InChI is InChI=1S/C22H24N2O4/c1-15(2)12-20-21(25)23-19(22(26)24(20)27)13-16-8-10-18(11-9-16)28-14-17-6-4-3-5-7-17/h3-11,15,25,27H,12-14H2,1-2H3. The molecule has 6 heteroatoms. The summed E-state index contributed by atoms with van der Waals surface area (Å²) in [6.07, 6.45) is 0.562. The molecule has 0 atom stereocenters. The molecule has 3 aromatic rings. The van der Waals surface area contributed by atoms with Crippen LogP contribution in [0.3, 0.4) is 0 Å². The van der Waals surface area contributed by atoms with Crippen molar-refractivity contribution in [2.75, 3.05) is 0 Å². The number of ether oxygens (including phenoxy) is 1. The van der Waals surface area contributed by atoms with Crippen molar-refractivity contribution in [1.82, 2.24) is 9.71 Å². The number of nitrogens with zero attached hydrogens (tertiary/aromatic N) is 2. The highest BCUT2D eigenvalue weighted by Gasteiger charge is 2.17. The van der Waals surface area contributed by atoms with Gasteiger partial charge in [-0.25, -0.2) is 4.98 Å². The van der Waals surface area contributed by atoms with E-state index < -0.39 is 5.56 Å². The number of hydrogen-bond acceptors (Lipinski definition) is 5. The Balaban J connectivity index is 1.71. The number of hydrogen-bond donors (Lipinski definition) is 2. The quantitative estimate of drug-likeness (QED) is 0.612. The van der Waals surface area contributed by atoms with E-state index in [2.05, 4.69) is 4.98 Å². The summed E-state index contributed by atoms with van der Waals surface area (Å²) in [6.45, 7) is 4.33. The molecule has 2 aromatic carbocycles. The van der Waals surface area contributed by atoms with Gasteiger partial charge in [0.1, 0.15) is 23.7 Å². The minimum Gasteiger partial charge on any atom is -0.492 e. The summed E-state index contributed by atoms with van der Waals surface area (Å²) in [5.74, 6) is 0.573. The van der Waals surface area contributed by atoms with E-state index in [0.717, 1.165) is 16.9 Å². The van der Waals surface area contributed by atoms with E-state index in [0.29, 0.717) is 17.8 Å². The molecule has 0 radical (unpaired) electrons. The molecule has 0 aliphatic carbocycles. The first-order valence-corrected chi connectivity index (χ1v) is 9.22. The van der Waals surface area contributed by atoms with Crippen LogP contribution in [0.15, 0.2) is 59.4 Å². The fraction of sp³-hybridized carbons (Fsp3) is 0.273. The van der Waals surface area contributed by atoms with E-state index in [1.54, 1.807) is 0 Å². The third-order valence-corrected chi connectivity index (χ3v) is 4.34. The van der Waals surface area contributed by atoms with E-state index in [9.17, 15) is 15.1 Å². The SMILES string of the molecule is CC(C)Cc1c(O)nc(Cc2ccc(OCc3ccccc3)cc2)c(=O)n1O. The first-order valence-electron chi connectivity index (χ1n) is 9.22. The largest absolute Gasteiger partial charge is 0.492 e. The molecule has 0 aliphatic rings. The Bertz CT molecular complexity index is 980. The number of aromatic hydroxyl groups is 1. The maximum atomic E-state index is 12.4. The van der Waals surface area contributed by atoms with Gasteiger partial charge < -0.3 is 15.1 Å². The Morgan fingerprint density at radius 3 is 2.36 bits per heavy atom. The molecule has 0 saturated carbocycles. The minimum atomic E-state index is -0.613. The van der Waals surface area contributed by atoms with Gasteiger partial charge in [-0.1, -0.05) is 56.3 Å². The Labute approximate surface area is 163 Å². The van der Waals surface area contributed by atoms with Gasteiger partial charge in [0.05, 0.1) is 0 Å². The molecule has 0 aliphatic heterocycles. The lowest BCUT2D eigenvalue weighted by atomic mass is 10.1. The molecule has 28 heavy (non-hydrogen) atoms. The molecular weight excluding hydrogens is 356 g/mol.